The maximum atomic E-state index is 13.5. The van der Waals surface area contributed by atoms with Gasteiger partial charge >= 0.3 is 18.3 Å². The van der Waals surface area contributed by atoms with Crippen LogP contribution in [0.3, 0.4) is 0 Å². The highest BCUT2D eigenvalue weighted by Gasteiger charge is 2.63. The van der Waals surface area contributed by atoms with Crippen LogP contribution in [0.5, 0.6) is 0 Å². The average molecular weight is 564 g/mol. The van der Waals surface area contributed by atoms with Crippen LogP contribution < -0.4 is 10.2 Å². The third kappa shape index (κ3) is 8.65. The largest absolute Gasteiger partial charge is 0.459 e. The van der Waals surface area contributed by atoms with E-state index >= 15 is 0 Å². The van der Waals surface area contributed by atoms with Gasteiger partial charge in [0, 0.05) is 43.5 Å². The van der Waals surface area contributed by atoms with Crippen molar-refractivity contribution in [3.63, 3.8) is 0 Å². The number of rotatable bonds is 7. The molecule has 2 amide bonds. The number of alkyl halides is 8. The zero-order valence-corrected chi connectivity index (χ0v) is 21.5. The van der Waals surface area contributed by atoms with E-state index < -0.39 is 41.0 Å². The lowest BCUT2D eigenvalue weighted by atomic mass is 10.1. The van der Waals surface area contributed by atoms with Crippen molar-refractivity contribution in [1.82, 2.24) is 15.1 Å². The Balaban J connectivity index is 0.000000676. The minimum Gasteiger partial charge on any atom is -0.352 e. The van der Waals surface area contributed by atoms with Gasteiger partial charge in [0.15, 0.2) is 5.69 Å². The summed E-state index contributed by atoms with van der Waals surface area (Å²) in [6, 6.07) is 4.41. The number of nitrogens with one attached hydrogen (secondary N) is 1. The Hall–Kier alpha value is -3.26. The Kier molecular flexibility index (Phi) is 12.8. The van der Waals surface area contributed by atoms with Crippen molar-refractivity contribution in [2.45, 2.75) is 65.9 Å². The lowest BCUT2D eigenvalue weighted by Gasteiger charge is -2.19. The summed E-state index contributed by atoms with van der Waals surface area (Å²) in [7, 11) is 0.848. The Morgan fingerprint density at radius 3 is 2.05 bits per heavy atom. The van der Waals surface area contributed by atoms with Gasteiger partial charge < -0.3 is 10.2 Å². The predicted molar refractivity (Wildman–Crippen MR) is 122 cm³/mol. The first kappa shape index (κ1) is 34.7. The molecule has 1 N–H and O–H groups in total. The van der Waals surface area contributed by atoms with E-state index in [1.165, 1.54) is 11.0 Å². The standard InChI is InChI=1S/C13H17FN2O2.C8H6F8N2.C2H6/c1-3-13(18)15-8-10-7-11(5-6-12(10)14)16(4-2)9-17;1-3-4(7(11,12)13)5(17-18(3)2)6(9,10)8(14,15)16;1-2/h5-7,9H,3-4,8H2,1-2H3,(H,15,18);1-2H3;1-2H3. The molecular weight excluding hydrogens is 535 g/mol. The molecule has 216 valence electrons. The van der Waals surface area contributed by atoms with E-state index in [9.17, 15) is 49.1 Å². The monoisotopic (exact) mass is 564 g/mol. The van der Waals surface area contributed by atoms with Gasteiger partial charge in [0.05, 0.1) is 0 Å². The van der Waals surface area contributed by atoms with E-state index in [0.29, 0.717) is 35.3 Å². The fourth-order valence-corrected chi connectivity index (χ4v) is 2.81. The van der Waals surface area contributed by atoms with Gasteiger partial charge in [0.2, 0.25) is 12.3 Å². The van der Waals surface area contributed by atoms with E-state index in [-0.39, 0.29) is 12.5 Å². The van der Waals surface area contributed by atoms with Crippen LogP contribution in [0.25, 0.3) is 0 Å². The second kappa shape index (κ2) is 14.0. The predicted octanol–water partition coefficient (Wildman–Crippen LogP) is 6.26. The van der Waals surface area contributed by atoms with Gasteiger partial charge in [0.25, 0.3) is 0 Å². The molecule has 1 aromatic carbocycles. The van der Waals surface area contributed by atoms with Gasteiger partial charge in [-0.2, -0.15) is 40.2 Å². The first-order chi connectivity index (χ1) is 17.4. The number of carbonyl (C=O) groups is 2. The van der Waals surface area contributed by atoms with Crippen molar-refractivity contribution < 1.29 is 49.1 Å². The second-order valence-corrected chi connectivity index (χ2v) is 7.30. The van der Waals surface area contributed by atoms with Gasteiger partial charge in [-0.25, -0.2) is 4.39 Å². The van der Waals surface area contributed by atoms with Crippen LogP contribution in [-0.4, -0.2) is 34.8 Å². The summed E-state index contributed by atoms with van der Waals surface area (Å²) in [6.07, 6.45) is -10.4. The van der Waals surface area contributed by atoms with Crippen LogP contribution in [0.2, 0.25) is 0 Å². The quantitative estimate of drug-likeness (QED) is 0.319. The minimum atomic E-state index is -6.15. The highest BCUT2D eigenvalue weighted by Crippen LogP contribution is 2.48. The molecule has 0 spiro atoms. The van der Waals surface area contributed by atoms with Crippen LogP contribution in [0.1, 0.15) is 56.6 Å². The van der Waals surface area contributed by atoms with E-state index in [0.717, 1.165) is 14.0 Å². The van der Waals surface area contributed by atoms with Crippen molar-refractivity contribution in [1.29, 1.82) is 0 Å². The molecule has 0 bridgehead atoms. The third-order valence-corrected chi connectivity index (χ3v) is 4.90. The number of benzene rings is 1. The summed E-state index contributed by atoms with van der Waals surface area (Å²) in [4.78, 5) is 23.4. The molecule has 0 aliphatic rings. The molecule has 0 atom stereocenters. The number of anilines is 1. The first-order valence-corrected chi connectivity index (χ1v) is 11.2. The number of nitrogens with zero attached hydrogens (tertiary/aromatic N) is 3. The lowest BCUT2D eigenvalue weighted by molar-refractivity contribution is -0.292. The molecule has 0 aliphatic carbocycles. The molecule has 0 radical (unpaired) electrons. The molecule has 38 heavy (non-hydrogen) atoms. The summed E-state index contributed by atoms with van der Waals surface area (Å²) in [5.41, 5.74) is -4.22. The molecule has 0 saturated carbocycles. The summed E-state index contributed by atoms with van der Waals surface area (Å²) < 4.78 is 113. The molecule has 0 saturated heterocycles. The molecule has 2 aromatic rings. The van der Waals surface area contributed by atoms with Gasteiger partial charge in [-0.05, 0) is 32.0 Å². The molecule has 0 fully saturated rings. The summed E-state index contributed by atoms with van der Waals surface area (Å²) in [6.45, 7) is 8.95. The van der Waals surface area contributed by atoms with E-state index in [4.69, 9.17) is 0 Å². The van der Waals surface area contributed by atoms with Gasteiger partial charge in [-0.3, -0.25) is 14.3 Å². The second-order valence-electron chi connectivity index (χ2n) is 7.30. The lowest BCUT2D eigenvalue weighted by Crippen LogP contribution is -2.36. The number of aromatic nitrogens is 2. The van der Waals surface area contributed by atoms with Crippen molar-refractivity contribution in [3.05, 3.63) is 46.5 Å². The molecular formula is C23H29F9N4O2. The summed E-state index contributed by atoms with van der Waals surface area (Å²) in [5, 5.41) is 5.25. The minimum absolute atomic E-state index is 0.128. The maximum absolute atomic E-state index is 13.5. The molecule has 6 nitrogen and oxygen atoms in total. The van der Waals surface area contributed by atoms with Gasteiger partial charge in [-0.1, -0.05) is 20.8 Å². The Morgan fingerprint density at radius 1 is 1.08 bits per heavy atom. The van der Waals surface area contributed by atoms with Crippen LogP contribution in [0.15, 0.2) is 18.2 Å². The van der Waals surface area contributed by atoms with Crippen LogP contribution in [0.4, 0.5) is 45.2 Å². The van der Waals surface area contributed by atoms with Crippen LogP contribution >= 0.6 is 0 Å². The SMILES string of the molecule is CC.CCC(=O)NCc1cc(N(C=O)CC)ccc1F.Cc1c(C(F)(F)F)c(C(F)(F)C(F)(F)F)nn1C. The zero-order chi connectivity index (χ0) is 30.1. The Bertz CT molecular complexity index is 1060. The third-order valence-electron chi connectivity index (χ3n) is 4.90. The van der Waals surface area contributed by atoms with Crippen molar-refractivity contribution in [3.8, 4) is 0 Å². The molecule has 2 rings (SSSR count). The van der Waals surface area contributed by atoms with E-state index in [1.807, 2.05) is 20.8 Å². The highest BCUT2D eigenvalue weighted by atomic mass is 19.4. The van der Waals surface area contributed by atoms with Crippen LogP contribution in [-0.2, 0) is 35.3 Å². The van der Waals surface area contributed by atoms with Crippen molar-refractivity contribution >= 4 is 18.0 Å². The topological polar surface area (TPSA) is 67.2 Å². The Labute approximate surface area is 213 Å². The number of aryl methyl sites for hydroxylation is 1. The number of hydrogen-bond donors (Lipinski definition) is 1. The van der Waals surface area contributed by atoms with Gasteiger partial charge in [-0.15, -0.1) is 0 Å². The smallest absolute Gasteiger partial charge is 0.352 e. The molecule has 1 heterocycles. The van der Waals surface area contributed by atoms with Crippen LogP contribution in [0, 0.1) is 12.7 Å². The number of halogens is 9. The van der Waals surface area contributed by atoms with E-state index in [1.54, 1.807) is 19.1 Å². The fraction of sp³-hybridized carbons (Fsp3) is 0.522. The molecule has 1 aromatic heterocycles. The molecule has 0 aliphatic heterocycles. The summed E-state index contributed by atoms with van der Waals surface area (Å²) in [5.74, 6) is -6.19. The molecule has 0 unspecified atom stereocenters. The average Bonchev–Trinajstić information content (AvgIpc) is 3.15. The summed E-state index contributed by atoms with van der Waals surface area (Å²) >= 11 is 0. The first-order valence-electron chi connectivity index (χ1n) is 11.2. The normalized spacial score (nSPS) is 11.6. The van der Waals surface area contributed by atoms with E-state index in [2.05, 4.69) is 10.4 Å². The fourth-order valence-electron chi connectivity index (χ4n) is 2.81. The Morgan fingerprint density at radius 2 is 1.63 bits per heavy atom. The van der Waals surface area contributed by atoms with Crippen molar-refractivity contribution in [2.75, 3.05) is 11.4 Å². The maximum Gasteiger partial charge on any atom is 0.459 e. The number of hydrogen-bond acceptors (Lipinski definition) is 3. The number of amides is 2. The van der Waals surface area contributed by atoms with Gasteiger partial charge in [0.1, 0.15) is 11.4 Å². The zero-order valence-electron chi connectivity index (χ0n) is 21.5. The highest BCUT2D eigenvalue weighted by molar-refractivity contribution is 5.76. The van der Waals surface area contributed by atoms with Crippen molar-refractivity contribution in [2.24, 2.45) is 7.05 Å². The number of carbonyl (C=O) groups excluding carboxylic acids is 2. The molecule has 15 heteroatoms.